The molecule has 28 heavy (non-hydrogen) atoms. The molecule has 3 aromatic rings. The van der Waals surface area contributed by atoms with Gasteiger partial charge in [0, 0.05) is 37.2 Å². The minimum atomic E-state index is -0.101. The van der Waals surface area contributed by atoms with Crippen LogP contribution in [0, 0.1) is 6.92 Å². The molecule has 144 valence electrons. The van der Waals surface area contributed by atoms with Crippen LogP contribution in [0.25, 0.3) is 0 Å². The lowest BCUT2D eigenvalue weighted by Crippen LogP contribution is -2.37. The lowest BCUT2D eigenvalue weighted by molar-refractivity contribution is 0.0684. The highest BCUT2D eigenvalue weighted by Gasteiger charge is 2.21. The molecule has 2 aromatic heterocycles. The van der Waals surface area contributed by atoms with Crippen molar-refractivity contribution in [3.63, 3.8) is 0 Å². The molecule has 1 aromatic carbocycles. The second-order valence-electron chi connectivity index (χ2n) is 6.94. The number of nitrogens with one attached hydrogen (secondary N) is 1. The molecule has 0 aliphatic heterocycles. The maximum atomic E-state index is 13.2. The van der Waals surface area contributed by atoms with E-state index in [9.17, 15) is 4.79 Å². The number of anilines is 1. The van der Waals surface area contributed by atoms with Crippen LogP contribution >= 0.6 is 0 Å². The third-order valence-electron chi connectivity index (χ3n) is 4.35. The van der Waals surface area contributed by atoms with Crippen LogP contribution in [0.15, 0.2) is 60.9 Å². The summed E-state index contributed by atoms with van der Waals surface area (Å²) in [7, 11) is 0. The molecule has 0 atom stereocenters. The molecule has 1 N–H and O–H groups in total. The molecule has 0 fully saturated rings. The lowest BCUT2D eigenvalue weighted by atomic mass is 10.1. The largest absolute Gasteiger partial charge is 0.350 e. The molecule has 0 radical (unpaired) electrons. The lowest BCUT2D eigenvalue weighted by Gasteiger charge is -2.26. The molecule has 0 spiro atoms. The van der Waals surface area contributed by atoms with E-state index in [4.69, 9.17) is 0 Å². The SMILES string of the molecule is Cc1cc(C(=O)N(Cc2ccccc2)C(C)C)nc(NCc2ccncc2)n1. The second-order valence-corrected chi connectivity index (χ2v) is 6.94. The minimum absolute atomic E-state index is 0.0520. The van der Waals surface area contributed by atoms with Gasteiger partial charge in [-0.1, -0.05) is 30.3 Å². The Balaban J connectivity index is 1.78. The van der Waals surface area contributed by atoms with Gasteiger partial charge in [-0.2, -0.15) is 0 Å². The third kappa shape index (κ3) is 5.13. The fourth-order valence-electron chi connectivity index (χ4n) is 2.86. The number of hydrogen-bond donors (Lipinski definition) is 1. The molecule has 0 aliphatic carbocycles. The zero-order valence-electron chi connectivity index (χ0n) is 16.5. The molecule has 2 heterocycles. The molecule has 0 saturated carbocycles. The Morgan fingerprint density at radius 1 is 1.04 bits per heavy atom. The van der Waals surface area contributed by atoms with E-state index in [1.807, 2.05) is 68.1 Å². The van der Waals surface area contributed by atoms with E-state index in [1.54, 1.807) is 18.5 Å². The molecule has 6 nitrogen and oxygen atoms in total. The van der Waals surface area contributed by atoms with Gasteiger partial charge in [0.2, 0.25) is 5.95 Å². The summed E-state index contributed by atoms with van der Waals surface area (Å²) >= 11 is 0. The van der Waals surface area contributed by atoms with E-state index in [1.165, 1.54) is 0 Å². The Labute approximate surface area is 165 Å². The highest BCUT2D eigenvalue weighted by molar-refractivity contribution is 5.92. The molecular weight excluding hydrogens is 350 g/mol. The zero-order chi connectivity index (χ0) is 19.9. The van der Waals surface area contributed by atoms with Gasteiger partial charge < -0.3 is 10.2 Å². The maximum absolute atomic E-state index is 13.2. The molecular formula is C22H25N5O. The average Bonchev–Trinajstić information content (AvgIpc) is 2.71. The molecule has 0 unspecified atom stereocenters. The molecule has 0 aliphatic rings. The number of amides is 1. The normalized spacial score (nSPS) is 10.7. The first-order valence-corrected chi connectivity index (χ1v) is 9.36. The van der Waals surface area contributed by atoms with Crippen LogP contribution < -0.4 is 5.32 Å². The maximum Gasteiger partial charge on any atom is 0.273 e. The Kier molecular flexibility index (Phi) is 6.32. The van der Waals surface area contributed by atoms with Crippen LogP contribution in [0.4, 0.5) is 5.95 Å². The van der Waals surface area contributed by atoms with Gasteiger partial charge in [0.1, 0.15) is 5.69 Å². The topological polar surface area (TPSA) is 71.0 Å². The van der Waals surface area contributed by atoms with Gasteiger partial charge in [-0.05, 0) is 50.1 Å². The monoisotopic (exact) mass is 375 g/mol. The van der Waals surface area contributed by atoms with Crippen LogP contribution in [0.2, 0.25) is 0 Å². The number of pyridine rings is 1. The predicted octanol–water partition coefficient (Wildman–Crippen LogP) is 3.84. The highest BCUT2D eigenvalue weighted by Crippen LogP contribution is 2.14. The molecule has 0 saturated heterocycles. The summed E-state index contributed by atoms with van der Waals surface area (Å²) in [4.78, 5) is 27.9. The van der Waals surface area contributed by atoms with Crippen molar-refractivity contribution < 1.29 is 4.79 Å². The number of nitrogens with zero attached hydrogens (tertiary/aromatic N) is 4. The predicted molar refractivity (Wildman–Crippen MR) is 110 cm³/mol. The van der Waals surface area contributed by atoms with Crippen molar-refractivity contribution in [3.05, 3.63) is 83.4 Å². The Morgan fingerprint density at radius 3 is 2.43 bits per heavy atom. The summed E-state index contributed by atoms with van der Waals surface area (Å²) in [5.74, 6) is 0.347. The van der Waals surface area contributed by atoms with E-state index in [-0.39, 0.29) is 11.9 Å². The van der Waals surface area contributed by atoms with Crippen LogP contribution in [-0.4, -0.2) is 31.8 Å². The summed E-state index contributed by atoms with van der Waals surface area (Å²) in [6.45, 7) is 7.00. The van der Waals surface area contributed by atoms with Crippen molar-refractivity contribution in [2.45, 2.75) is 39.9 Å². The molecule has 0 bridgehead atoms. The number of rotatable bonds is 7. The Hall–Kier alpha value is -3.28. The van der Waals surface area contributed by atoms with Crippen LogP contribution in [-0.2, 0) is 13.1 Å². The van der Waals surface area contributed by atoms with E-state index in [0.717, 1.165) is 16.8 Å². The van der Waals surface area contributed by atoms with E-state index >= 15 is 0 Å². The van der Waals surface area contributed by atoms with Crippen LogP contribution in [0.3, 0.4) is 0 Å². The van der Waals surface area contributed by atoms with Crippen molar-refractivity contribution in [2.75, 3.05) is 5.32 Å². The summed E-state index contributed by atoms with van der Waals surface area (Å²) in [5, 5.41) is 3.19. The van der Waals surface area contributed by atoms with Gasteiger partial charge in [-0.3, -0.25) is 9.78 Å². The first-order valence-electron chi connectivity index (χ1n) is 9.36. The Morgan fingerprint density at radius 2 is 1.75 bits per heavy atom. The van der Waals surface area contributed by atoms with Crippen molar-refractivity contribution in [2.24, 2.45) is 0 Å². The first-order chi connectivity index (χ1) is 13.5. The summed E-state index contributed by atoms with van der Waals surface area (Å²) in [5.41, 5.74) is 3.31. The average molecular weight is 375 g/mol. The van der Waals surface area contributed by atoms with Crippen molar-refractivity contribution in [1.29, 1.82) is 0 Å². The van der Waals surface area contributed by atoms with E-state index in [2.05, 4.69) is 20.3 Å². The van der Waals surface area contributed by atoms with Crippen LogP contribution in [0.1, 0.15) is 41.2 Å². The molecule has 6 heteroatoms. The summed E-state index contributed by atoms with van der Waals surface area (Å²) < 4.78 is 0. The van der Waals surface area contributed by atoms with Gasteiger partial charge in [0.25, 0.3) is 5.91 Å². The first kappa shape index (κ1) is 19.5. The fraction of sp³-hybridized carbons (Fsp3) is 0.273. The van der Waals surface area contributed by atoms with Gasteiger partial charge >= 0.3 is 0 Å². The zero-order valence-corrected chi connectivity index (χ0v) is 16.5. The number of carbonyl (C=O) groups is 1. The van der Waals surface area contributed by atoms with Crippen molar-refractivity contribution >= 4 is 11.9 Å². The van der Waals surface area contributed by atoms with Gasteiger partial charge in [-0.25, -0.2) is 9.97 Å². The van der Waals surface area contributed by atoms with Gasteiger partial charge in [0.15, 0.2) is 0 Å². The molecule has 1 amide bonds. The van der Waals surface area contributed by atoms with Gasteiger partial charge in [-0.15, -0.1) is 0 Å². The minimum Gasteiger partial charge on any atom is -0.350 e. The highest BCUT2D eigenvalue weighted by atomic mass is 16.2. The second kappa shape index (κ2) is 9.08. The van der Waals surface area contributed by atoms with Gasteiger partial charge in [0.05, 0.1) is 0 Å². The number of carbonyl (C=O) groups excluding carboxylic acids is 1. The van der Waals surface area contributed by atoms with Crippen molar-refractivity contribution in [3.8, 4) is 0 Å². The number of benzene rings is 1. The van der Waals surface area contributed by atoms with Crippen molar-refractivity contribution in [1.82, 2.24) is 19.9 Å². The molecule has 3 rings (SSSR count). The quantitative estimate of drug-likeness (QED) is 0.679. The summed E-state index contributed by atoms with van der Waals surface area (Å²) in [6, 6.07) is 15.6. The fourth-order valence-corrected chi connectivity index (χ4v) is 2.86. The number of aromatic nitrogens is 3. The number of aryl methyl sites for hydroxylation is 1. The third-order valence-corrected chi connectivity index (χ3v) is 4.35. The summed E-state index contributed by atoms with van der Waals surface area (Å²) in [6.07, 6.45) is 3.49. The Bertz CT molecular complexity index is 913. The van der Waals surface area contributed by atoms with E-state index in [0.29, 0.717) is 24.7 Å². The van der Waals surface area contributed by atoms with Crippen LogP contribution in [0.5, 0.6) is 0 Å². The van der Waals surface area contributed by atoms with E-state index < -0.39 is 0 Å². The standard InChI is InChI=1S/C22H25N5O/c1-16(2)27(15-19-7-5-4-6-8-19)21(28)20-13-17(3)25-22(26-20)24-14-18-9-11-23-12-10-18/h4-13,16H,14-15H2,1-3H3,(H,24,25,26). The smallest absolute Gasteiger partial charge is 0.273 e. The number of hydrogen-bond acceptors (Lipinski definition) is 5.